The molecule has 2 fully saturated rings. The Kier molecular flexibility index (Phi) is 6.22. The van der Waals surface area contributed by atoms with Crippen molar-refractivity contribution in [1.82, 2.24) is 9.80 Å². The van der Waals surface area contributed by atoms with Gasteiger partial charge in [-0.25, -0.2) is 8.42 Å². The van der Waals surface area contributed by atoms with Gasteiger partial charge < -0.3 is 5.32 Å². The molecule has 1 N–H and O–H groups in total. The van der Waals surface area contributed by atoms with E-state index in [1.54, 1.807) is 0 Å². The smallest absolute Gasteiger partial charge is 0.241 e. The van der Waals surface area contributed by atoms with Crippen LogP contribution in [-0.4, -0.2) is 73.9 Å². The summed E-state index contributed by atoms with van der Waals surface area (Å²) in [6, 6.07) is 17.8. The molecule has 7 heteroatoms. The highest BCUT2D eigenvalue weighted by Crippen LogP contribution is 2.28. The summed E-state index contributed by atoms with van der Waals surface area (Å²) in [5.41, 5.74) is 2.89. The number of amides is 1. The van der Waals surface area contributed by atoms with Crippen LogP contribution in [0, 0.1) is 0 Å². The fraction of sp³-hybridized carbons (Fsp3) is 0.435. The third kappa shape index (κ3) is 4.74. The summed E-state index contributed by atoms with van der Waals surface area (Å²) < 4.78 is 23.5. The Morgan fingerprint density at radius 1 is 1.00 bits per heavy atom. The first-order valence-electron chi connectivity index (χ1n) is 10.6. The molecule has 4 rings (SSSR count). The topological polar surface area (TPSA) is 69.7 Å². The summed E-state index contributed by atoms with van der Waals surface area (Å²) in [4.78, 5) is 17.4. The molecule has 2 heterocycles. The number of nitrogens with zero attached hydrogens (tertiary/aromatic N) is 2. The predicted octanol–water partition coefficient (Wildman–Crippen LogP) is 2.49. The summed E-state index contributed by atoms with van der Waals surface area (Å²) in [7, 11) is -2.87. The lowest BCUT2D eigenvalue weighted by Crippen LogP contribution is -2.55. The number of nitrogens with one attached hydrogen (secondary N) is 1. The number of benzene rings is 2. The van der Waals surface area contributed by atoms with Crippen LogP contribution in [0.3, 0.4) is 0 Å². The monoisotopic (exact) mass is 427 g/mol. The van der Waals surface area contributed by atoms with Crippen molar-refractivity contribution in [2.75, 3.05) is 43.0 Å². The molecule has 1 amide bonds. The van der Waals surface area contributed by atoms with E-state index in [1.807, 2.05) is 61.5 Å². The number of sulfone groups is 1. The molecule has 30 heavy (non-hydrogen) atoms. The highest BCUT2D eigenvalue weighted by molar-refractivity contribution is 7.91. The predicted molar refractivity (Wildman–Crippen MR) is 120 cm³/mol. The molecular weight excluding hydrogens is 398 g/mol. The van der Waals surface area contributed by atoms with Crippen molar-refractivity contribution in [2.45, 2.75) is 25.4 Å². The van der Waals surface area contributed by atoms with Crippen LogP contribution in [0.25, 0.3) is 11.1 Å². The average molecular weight is 428 g/mol. The second-order valence-corrected chi connectivity index (χ2v) is 10.4. The molecular formula is C23H29N3O3S. The van der Waals surface area contributed by atoms with Crippen LogP contribution in [0.2, 0.25) is 0 Å². The van der Waals surface area contributed by atoms with E-state index in [0.717, 1.165) is 49.4 Å². The van der Waals surface area contributed by atoms with E-state index in [4.69, 9.17) is 0 Å². The van der Waals surface area contributed by atoms with Crippen molar-refractivity contribution in [1.29, 1.82) is 0 Å². The minimum atomic E-state index is -2.87. The maximum atomic E-state index is 13.0. The van der Waals surface area contributed by atoms with E-state index in [1.165, 1.54) is 0 Å². The second-order valence-electron chi connectivity index (χ2n) is 8.21. The summed E-state index contributed by atoms with van der Waals surface area (Å²) in [5, 5.41) is 3.11. The normalized spacial score (nSPS) is 23.2. The highest BCUT2D eigenvalue weighted by atomic mass is 32.2. The summed E-state index contributed by atoms with van der Waals surface area (Å²) in [6.45, 7) is 5.09. The fourth-order valence-electron chi connectivity index (χ4n) is 4.42. The first-order chi connectivity index (χ1) is 14.4. The van der Waals surface area contributed by atoms with Crippen molar-refractivity contribution >= 4 is 21.4 Å². The quantitative estimate of drug-likeness (QED) is 0.794. The molecule has 2 atom stereocenters. The number of carbonyl (C=O) groups excluding carboxylic acids is 1. The van der Waals surface area contributed by atoms with Gasteiger partial charge in [-0.1, -0.05) is 48.5 Å². The van der Waals surface area contributed by atoms with Gasteiger partial charge in [-0.05, 0) is 25.0 Å². The molecule has 2 saturated heterocycles. The molecule has 0 aromatic heterocycles. The molecule has 0 aliphatic carbocycles. The van der Waals surface area contributed by atoms with Crippen molar-refractivity contribution < 1.29 is 13.2 Å². The van der Waals surface area contributed by atoms with Gasteiger partial charge in [-0.2, -0.15) is 0 Å². The molecule has 0 unspecified atom stereocenters. The highest BCUT2D eigenvalue weighted by Gasteiger charge is 2.35. The minimum absolute atomic E-state index is 0.0183. The van der Waals surface area contributed by atoms with Crippen LogP contribution in [0.5, 0.6) is 0 Å². The molecule has 2 aromatic carbocycles. The largest absolute Gasteiger partial charge is 0.324 e. The number of carbonyl (C=O) groups is 1. The van der Waals surface area contributed by atoms with E-state index in [9.17, 15) is 13.2 Å². The molecule has 2 aliphatic heterocycles. The Balaban J connectivity index is 1.36. The first kappa shape index (κ1) is 21.0. The standard InChI is InChI=1S/C23H29N3O3S/c1-18(25-12-14-26(15-13-25)20-11-16-30(28,29)17-20)23(27)24-22-10-6-5-9-21(22)19-7-3-2-4-8-19/h2-10,18,20H,11-17H2,1H3,(H,24,27)/t18-,20+/m0/s1. The molecule has 0 bridgehead atoms. The number of rotatable bonds is 5. The van der Waals surface area contributed by atoms with E-state index in [0.29, 0.717) is 5.75 Å². The molecule has 2 aromatic rings. The van der Waals surface area contributed by atoms with Crippen molar-refractivity contribution in [2.24, 2.45) is 0 Å². The fourth-order valence-corrected chi connectivity index (χ4v) is 6.18. The van der Waals surface area contributed by atoms with Gasteiger partial charge in [-0.15, -0.1) is 0 Å². The van der Waals surface area contributed by atoms with Crippen molar-refractivity contribution in [3.63, 3.8) is 0 Å². The summed E-state index contributed by atoms with van der Waals surface area (Å²) in [5.74, 6) is 0.562. The maximum absolute atomic E-state index is 13.0. The molecule has 2 aliphatic rings. The van der Waals surface area contributed by atoms with Gasteiger partial charge in [-0.3, -0.25) is 14.6 Å². The lowest BCUT2D eigenvalue weighted by molar-refractivity contribution is -0.121. The van der Waals surface area contributed by atoms with Crippen LogP contribution in [-0.2, 0) is 14.6 Å². The zero-order valence-electron chi connectivity index (χ0n) is 17.3. The lowest BCUT2D eigenvalue weighted by Gasteiger charge is -2.39. The van der Waals surface area contributed by atoms with Gasteiger partial charge in [0.1, 0.15) is 0 Å². The van der Waals surface area contributed by atoms with Gasteiger partial charge in [0.2, 0.25) is 5.91 Å². The molecule has 160 valence electrons. The number of piperazine rings is 1. The summed E-state index contributed by atoms with van der Waals surface area (Å²) >= 11 is 0. The number of para-hydroxylation sites is 1. The van der Waals surface area contributed by atoms with Gasteiger partial charge in [0.15, 0.2) is 9.84 Å². The zero-order valence-corrected chi connectivity index (χ0v) is 18.1. The second kappa shape index (κ2) is 8.88. The van der Waals surface area contributed by atoms with E-state index < -0.39 is 9.84 Å². The number of hydrogen-bond donors (Lipinski definition) is 1. The average Bonchev–Trinajstić information content (AvgIpc) is 3.14. The lowest BCUT2D eigenvalue weighted by atomic mass is 10.0. The van der Waals surface area contributed by atoms with Crippen LogP contribution in [0.15, 0.2) is 54.6 Å². The Bertz CT molecular complexity index is 986. The molecule has 0 saturated carbocycles. The minimum Gasteiger partial charge on any atom is -0.324 e. The SMILES string of the molecule is C[C@@H](C(=O)Nc1ccccc1-c1ccccc1)N1CCN([C@@H]2CCS(=O)(=O)C2)CC1. The Hall–Kier alpha value is -2.22. The number of anilines is 1. The van der Waals surface area contributed by atoms with Crippen molar-refractivity contribution in [3.8, 4) is 11.1 Å². The zero-order chi connectivity index (χ0) is 21.1. The molecule has 0 radical (unpaired) electrons. The van der Waals surface area contributed by atoms with Crippen LogP contribution in [0.1, 0.15) is 13.3 Å². The van der Waals surface area contributed by atoms with Crippen LogP contribution in [0.4, 0.5) is 5.69 Å². The molecule has 6 nitrogen and oxygen atoms in total. The summed E-state index contributed by atoms with van der Waals surface area (Å²) in [6.07, 6.45) is 0.731. The van der Waals surface area contributed by atoms with E-state index >= 15 is 0 Å². The van der Waals surface area contributed by atoms with Crippen LogP contribution >= 0.6 is 0 Å². The third-order valence-corrected chi connectivity index (χ3v) is 8.02. The van der Waals surface area contributed by atoms with E-state index in [-0.39, 0.29) is 23.7 Å². The first-order valence-corrected chi connectivity index (χ1v) is 12.4. The van der Waals surface area contributed by atoms with Gasteiger partial charge in [0.05, 0.1) is 17.5 Å². The van der Waals surface area contributed by atoms with Gasteiger partial charge in [0.25, 0.3) is 0 Å². The Labute approximate surface area is 178 Å². The van der Waals surface area contributed by atoms with Crippen molar-refractivity contribution in [3.05, 3.63) is 54.6 Å². The molecule has 0 spiro atoms. The van der Waals surface area contributed by atoms with Gasteiger partial charge >= 0.3 is 0 Å². The Morgan fingerprint density at radius 2 is 1.67 bits per heavy atom. The van der Waals surface area contributed by atoms with Crippen LogP contribution < -0.4 is 5.32 Å². The Morgan fingerprint density at radius 3 is 2.33 bits per heavy atom. The maximum Gasteiger partial charge on any atom is 0.241 e. The van der Waals surface area contributed by atoms with E-state index in [2.05, 4.69) is 15.1 Å². The van der Waals surface area contributed by atoms with Gasteiger partial charge in [0, 0.05) is 43.5 Å². The third-order valence-electron chi connectivity index (χ3n) is 6.27. The number of hydrogen-bond acceptors (Lipinski definition) is 5.